The van der Waals surface area contributed by atoms with Crippen molar-refractivity contribution >= 4 is 21.9 Å². The lowest BCUT2D eigenvalue weighted by molar-refractivity contribution is -0.147. The maximum atomic E-state index is 12.1. The van der Waals surface area contributed by atoms with Crippen molar-refractivity contribution in [2.75, 3.05) is 14.2 Å². The SMILES string of the molecule is COC(=O)[C@H](c1ccc(Br)cc1)N(C)Cc1ccncc1. The molecular weight excluding hydrogens is 332 g/mol. The summed E-state index contributed by atoms with van der Waals surface area (Å²) in [5, 5.41) is 0. The van der Waals surface area contributed by atoms with E-state index in [4.69, 9.17) is 4.74 Å². The summed E-state index contributed by atoms with van der Waals surface area (Å²) in [7, 11) is 3.32. The Kier molecular flexibility index (Phi) is 5.47. The Labute approximate surface area is 132 Å². The van der Waals surface area contributed by atoms with E-state index in [1.807, 2.05) is 48.3 Å². The van der Waals surface area contributed by atoms with Gasteiger partial charge in [0.25, 0.3) is 0 Å². The Morgan fingerprint density at radius 2 is 1.86 bits per heavy atom. The predicted molar refractivity (Wildman–Crippen MR) is 84.6 cm³/mol. The molecule has 110 valence electrons. The number of methoxy groups -OCH3 is 1. The lowest BCUT2D eigenvalue weighted by Crippen LogP contribution is -2.31. The number of ether oxygens (including phenoxy) is 1. The van der Waals surface area contributed by atoms with Gasteiger partial charge in [-0.1, -0.05) is 28.1 Å². The van der Waals surface area contributed by atoms with Gasteiger partial charge in [0.1, 0.15) is 6.04 Å². The first-order valence-electron chi connectivity index (χ1n) is 6.54. The van der Waals surface area contributed by atoms with Gasteiger partial charge in [0.05, 0.1) is 7.11 Å². The van der Waals surface area contributed by atoms with Crippen LogP contribution in [0.3, 0.4) is 0 Å². The molecule has 2 rings (SSSR count). The largest absolute Gasteiger partial charge is 0.468 e. The van der Waals surface area contributed by atoms with E-state index in [0.717, 1.165) is 15.6 Å². The molecule has 0 radical (unpaired) electrons. The van der Waals surface area contributed by atoms with Crippen LogP contribution in [0.15, 0.2) is 53.3 Å². The lowest BCUT2D eigenvalue weighted by atomic mass is 10.1. The van der Waals surface area contributed by atoms with Crippen LogP contribution in [0.4, 0.5) is 0 Å². The predicted octanol–water partition coefficient (Wildman–Crippen LogP) is 3.19. The number of benzene rings is 1. The van der Waals surface area contributed by atoms with E-state index in [2.05, 4.69) is 20.9 Å². The molecular formula is C16H17BrN2O2. The van der Waals surface area contributed by atoms with Crippen LogP contribution in [0.2, 0.25) is 0 Å². The molecule has 5 heteroatoms. The van der Waals surface area contributed by atoms with Crippen LogP contribution in [0.1, 0.15) is 17.2 Å². The molecule has 1 aromatic heterocycles. The van der Waals surface area contributed by atoms with Crippen molar-refractivity contribution < 1.29 is 9.53 Å². The number of rotatable bonds is 5. The van der Waals surface area contributed by atoms with Gasteiger partial charge in [-0.2, -0.15) is 0 Å². The Hall–Kier alpha value is -1.72. The van der Waals surface area contributed by atoms with Gasteiger partial charge in [0.15, 0.2) is 0 Å². The van der Waals surface area contributed by atoms with Gasteiger partial charge < -0.3 is 4.74 Å². The van der Waals surface area contributed by atoms with Crippen LogP contribution in [-0.2, 0) is 16.1 Å². The monoisotopic (exact) mass is 348 g/mol. The number of nitrogens with zero attached hydrogens (tertiary/aromatic N) is 2. The topological polar surface area (TPSA) is 42.4 Å². The van der Waals surface area contributed by atoms with Gasteiger partial charge in [0.2, 0.25) is 0 Å². The van der Waals surface area contributed by atoms with E-state index >= 15 is 0 Å². The summed E-state index contributed by atoms with van der Waals surface area (Å²) in [5.41, 5.74) is 2.00. The summed E-state index contributed by atoms with van der Waals surface area (Å²) in [4.78, 5) is 18.1. The number of carbonyl (C=O) groups is 1. The zero-order valence-electron chi connectivity index (χ0n) is 12.0. The highest BCUT2D eigenvalue weighted by Gasteiger charge is 2.26. The second kappa shape index (κ2) is 7.33. The first-order chi connectivity index (χ1) is 10.1. The van der Waals surface area contributed by atoms with E-state index in [0.29, 0.717) is 6.54 Å². The number of aromatic nitrogens is 1. The average molecular weight is 349 g/mol. The molecule has 4 nitrogen and oxygen atoms in total. The normalized spacial score (nSPS) is 12.2. The first kappa shape index (κ1) is 15.7. The number of likely N-dealkylation sites (N-methyl/N-ethyl adjacent to an activating group) is 1. The van der Waals surface area contributed by atoms with E-state index < -0.39 is 6.04 Å². The molecule has 0 unspecified atom stereocenters. The highest BCUT2D eigenvalue weighted by Crippen LogP contribution is 2.24. The number of esters is 1. The number of carbonyl (C=O) groups excluding carboxylic acids is 1. The second-order valence-corrected chi connectivity index (χ2v) is 5.66. The highest BCUT2D eigenvalue weighted by atomic mass is 79.9. The van der Waals surface area contributed by atoms with Crippen molar-refractivity contribution in [1.29, 1.82) is 0 Å². The standard InChI is InChI=1S/C16H17BrN2O2/c1-19(11-12-7-9-18-10-8-12)15(16(20)21-2)13-3-5-14(17)6-4-13/h3-10,15H,11H2,1-2H3/t15-/m0/s1. The molecule has 0 saturated carbocycles. The maximum absolute atomic E-state index is 12.1. The van der Waals surface area contributed by atoms with Crippen LogP contribution in [-0.4, -0.2) is 30.0 Å². The molecule has 1 atom stereocenters. The zero-order valence-corrected chi connectivity index (χ0v) is 13.6. The minimum absolute atomic E-state index is 0.270. The number of halogens is 1. The number of hydrogen-bond donors (Lipinski definition) is 0. The zero-order chi connectivity index (χ0) is 15.2. The molecule has 0 fully saturated rings. The molecule has 0 bridgehead atoms. The molecule has 0 aliphatic heterocycles. The quantitative estimate of drug-likeness (QED) is 0.778. The van der Waals surface area contributed by atoms with Crippen LogP contribution in [0.25, 0.3) is 0 Å². The summed E-state index contributed by atoms with van der Waals surface area (Å²) >= 11 is 3.40. The van der Waals surface area contributed by atoms with Gasteiger partial charge in [-0.05, 0) is 42.4 Å². The smallest absolute Gasteiger partial charge is 0.327 e. The van der Waals surface area contributed by atoms with E-state index in [9.17, 15) is 4.79 Å². The van der Waals surface area contributed by atoms with Gasteiger partial charge in [-0.15, -0.1) is 0 Å². The van der Waals surface area contributed by atoms with Crippen molar-refractivity contribution in [3.63, 3.8) is 0 Å². The summed E-state index contributed by atoms with van der Waals surface area (Å²) in [6.45, 7) is 0.637. The minimum atomic E-state index is -0.434. The molecule has 2 aromatic rings. The Bertz CT molecular complexity index is 587. The van der Waals surface area contributed by atoms with E-state index in [-0.39, 0.29) is 5.97 Å². The Morgan fingerprint density at radius 1 is 1.24 bits per heavy atom. The van der Waals surface area contributed by atoms with E-state index in [1.165, 1.54) is 7.11 Å². The maximum Gasteiger partial charge on any atom is 0.327 e. The van der Waals surface area contributed by atoms with Crippen molar-refractivity contribution in [3.05, 3.63) is 64.4 Å². The van der Waals surface area contributed by atoms with Crippen LogP contribution in [0.5, 0.6) is 0 Å². The fourth-order valence-corrected chi connectivity index (χ4v) is 2.46. The molecule has 1 heterocycles. The molecule has 0 amide bonds. The molecule has 0 N–H and O–H groups in total. The first-order valence-corrected chi connectivity index (χ1v) is 7.33. The van der Waals surface area contributed by atoms with Gasteiger partial charge in [0, 0.05) is 23.4 Å². The fourth-order valence-electron chi connectivity index (χ4n) is 2.19. The van der Waals surface area contributed by atoms with Crippen molar-refractivity contribution in [2.24, 2.45) is 0 Å². The van der Waals surface area contributed by atoms with Crippen molar-refractivity contribution in [2.45, 2.75) is 12.6 Å². The molecule has 21 heavy (non-hydrogen) atoms. The second-order valence-electron chi connectivity index (χ2n) is 4.75. The molecule has 0 spiro atoms. The van der Waals surface area contributed by atoms with Crippen molar-refractivity contribution in [3.8, 4) is 0 Å². The average Bonchev–Trinajstić information content (AvgIpc) is 2.50. The van der Waals surface area contributed by atoms with E-state index in [1.54, 1.807) is 12.4 Å². The molecule has 0 aliphatic rings. The van der Waals surface area contributed by atoms with Crippen LogP contribution in [0, 0.1) is 0 Å². The third-order valence-corrected chi connectivity index (χ3v) is 3.76. The van der Waals surface area contributed by atoms with Gasteiger partial charge in [-0.3, -0.25) is 9.88 Å². The molecule has 0 saturated heterocycles. The Morgan fingerprint density at radius 3 is 2.43 bits per heavy atom. The van der Waals surface area contributed by atoms with Crippen LogP contribution < -0.4 is 0 Å². The van der Waals surface area contributed by atoms with Gasteiger partial charge in [-0.25, -0.2) is 4.79 Å². The Balaban J connectivity index is 2.23. The van der Waals surface area contributed by atoms with Gasteiger partial charge >= 0.3 is 5.97 Å². The third kappa shape index (κ3) is 4.12. The number of pyridine rings is 1. The summed E-state index contributed by atoms with van der Waals surface area (Å²) < 4.78 is 5.93. The van der Waals surface area contributed by atoms with Crippen molar-refractivity contribution in [1.82, 2.24) is 9.88 Å². The third-order valence-electron chi connectivity index (χ3n) is 3.23. The lowest BCUT2D eigenvalue weighted by Gasteiger charge is -2.26. The summed E-state index contributed by atoms with van der Waals surface area (Å²) in [5.74, 6) is -0.270. The van der Waals surface area contributed by atoms with Crippen LogP contribution >= 0.6 is 15.9 Å². The highest BCUT2D eigenvalue weighted by molar-refractivity contribution is 9.10. The molecule has 1 aromatic carbocycles. The fraction of sp³-hybridized carbons (Fsp3) is 0.250. The minimum Gasteiger partial charge on any atom is -0.468 e. The summed E-state index contributed by atoms with van der Waals surface area (Å²) in [6, 6.07) is 11.1. The number of hydrogen-bond acceptors (Lipinski definition) is 4. The molecule has 0 aliphatic carbocycles. The summed E-state index contributed by atoms with van der Waals surface area (Å²) in [6.07, 6.45) is 3.49.